The van der Waals surface area contributed by atoms with Gasteiger partial charge in [0.25, 0.3) is 0 Å². The van der Waals surface area contributed by atoms with E-state index in [1.165, 1.54) is 12.1 Å². The van der Waals surface area contributed by atoms with Gasteiger partial charge in [0.15, 0.2) is 0 Å². The highest BCUT2D eigenvalue weighted by Gasteiger charge is 2.15. The van der Waals surface area contributed by atoms with Gasteiger partial charge in [-0.05, 0) is 62.2 Å². The van der Waals surface area contributed by atoms with Crippen LogP contribution in [0.3, 0.4) is 0 Å². The molecule has 0 bridgehead atoms. The molecule has 0 saturated carbocycles. The minimum atomic E-state index is -0.527. The highest BCUT2D eigenvalue weighted by Crippen LogP contribution is 2.21. The lowest BCUT2D eigenvalue weighted by Crippen LogP contribution is -2.32. The van der Waals surface area contributed by atoms with Gasteiger partial charge in [0.2, 0.25) is 0 Å². The van der Waals surface area contributed by atoms with Gasteiger partial charge in [0.05, 0.1) is 11.9 Å². The summed E-state index contributed by atoms with van der Waals surface area (Å²) in [5.41, 5.74) is 3.12. The summed E-state index contributed by atoms with van der Waals surface area (Å²) in [5.74, 6) is -0.281. The van der Waals surface area contributed by atoms with E-state index in [2.05, 4.69) is 10.4 Å². The molecular weight excluding hydrogens is 345 g/mol. The van der Waals surface area contributed by atoms with Crippen LogP contribution in [0.2, 0.25) is 0 Å². The predicted molar refractivity (Wildman–Crippen MR) is 102 cm³/mol. The molecular formula is C21H22FN3O2. The zero-order valence-electron chi connectivity index (χ0n) is 15.6. The molecule has 3 aromatic rings. The Morgan fingerprint density at radius 2 is 1.89 bits per heavy atom. The van der Waals surface area contributed by atoms with Crippen LogP contribution in [0.4, 0.5) is 9.18 Å². The number of nitrogens with one attached hydrogen (secondary N) is 1. The maximum Gasteiger partial charge on any atom is 0.407 e. The number of hydrogen-bond acceptors (Lipinski definition) is 3. The van der Waals surface area contributed by atoms with Crippen LogP contribution in [0, 0.1) is 5.82 Å². The van der Waals surface area contributed by atoms with E-state index in [0.29, 0.717) is 6.54 Å². The van der Waals surface area contributed by atoms with E-state index in [1.807, 2.05) is 51.2 Å². The summed E-state index contributed by atoms with van der Waals surface area (Å²) in [6.45, 7) is 5.85. The van der Waals surface area contributed by atoms with Crippen molar-refractivity contribution in [2.24, 2.45) is 0 Å². The van der Waals surface area contributed by atoms with Crippen LogP contribution in [0.25, 0.3) is 16.8 Å². The van der Waals surface area contributed by atoms with Crippen molar-refractivity contribution in [1.82, 2.24) is 15.1 Å². The van der Waals surface area contributed by atoms with Gasteiger partial charge in [0.1, 0.15) is 11.4 Å². The van der Waals surface area contributed by atoms with Gasteiger partial charge < -0.3 is 10.1 Å². The lowest BCUT2D eigenvalue weighted by molar-refractivity contribution is 0.0523. The fourth-order valence-electron chi connectivity index (χ4n) is 2.56. The lowest BCUT2D eigenvalue weighted by atomic mass is 10.1. The summed E-state index contributed by atoms with van der Waals surface area (Å²) < 4.78 is 20.0. The minimum Gasteiger partial charge on any atom is -0.444 e. The lowest BCUT2D eigenvalue weighted by Gasteiger charge is -2.19. The summed E-state index contributed by atoms with van der Waals surface area (Å²) in [7, 11) is 0. The monoisotopic (exact) mass is 367 g/mol. The molecule has 6 heteroatoms. The summed E-state index contributed by atoms with van der Waals surface area (Å²) in [4.78, 5) is 11.8. The standard InChI is InChI=1S/C21H22FN3O2/c1-21(2,3)27-20(26)23-12-15-5-4-6-16(11-15)17-13-24-25(14-17)19-9-7-18(22)8-10-19/h4-11,13-14H,12H2,1-3H3,(H,23,26). The highest BCUT2D eigenvalue weighted by atomic mass is 19.1. The Kier molecular flexibility index (Phi) is 5.26. The topological polar surface area (TPSA) is 56.1 Å². The smallest absolute Gasteiger partial charge is 0.407 e. The number of alkyl carbamates (subject to hydrolysis) is 1. The highest BCUT2D eigenvalue weighted by molar-refractivity contribution is 5.68. The fraction of sp³-hybridized carbons (Fsp3) is 0.238. The van der Waals surface area contributed by atoms with E-state index in [0.717, 1.165) is 22.4 Å². The molecule has 0 aliphatic heterocycles. The molecule has 2 aromatic carbocycles. The molecule has 0 unspecified atom stereocenters. The Balaban J connectivity index is 1.70. The summed E-state index contributed by atoms with van der Waals surface area (Å²) in [5, 5.41) is 7.09. The van der Waals surface area contributed by atoms with Gasteiger partial charge in [-0.1, -0.05) is 18.2 Å². The van der Waals surface area contributed by atoms with Gasteiger partial charge in [-0.15, -0.1) is 0 Å². The first-order valence-electron chi connectivity index (χ1n) is 8.67. The van der Waals surface area contributed by atoms with Crippen LogP contribution < -0.4 is 5.32 Å². The molecule has 0 aliphatic carbocycles. The second kappa shape index (κ2) is 7.61. The first kappa shape index (κ1) is 18.6. The number of nitrogens with zero attached hydrogens (tertiary/aromatic N) is 2. The fourth-order valence-corrected chi connectivity index (χ4v) is 2.56. The normalized spacial score (nSPS) is 11.3. The zero-order valence-corrected chi connectivity index (χ0v) is 15.6. The van der Waals surface area contributed by atoms with Crippen molar-refractivity contribution < 1.29 is 13.9 Å². The SMILES string of the molecule is CC(C)(C)OC(=O)NCc1cccc(-c2cnn(-c3ccc(F)cc3)c2)c1. The summed E-state index contributed by atoms with van der Waals surface area (Å²) in [6, 6.07) is 14.0. The second-order valence-electron chi connectivity index (χ2n) is 7.21. The van der Waals surface area contributed by atoms with E-state index in [4.69, 9.17) is 4.74 Å². The van der Waals surface area contributed by atoms with Crippen molar-refractivity contribution in [3.05, 3.63) is 72.3 Å². The molecule has 0 aliphatic rings. The average molecular weight is 367 g/mol. The Labute approximate surface area is 157 Å². The van der Waals surface area contributed by atoms with E-state index in [1.54, 1.807) is 23.0 Å². The molecule has 1 aromatic heterocycles. The maximum atomic E-state index is 13.1. The van der Waals surface area contributed by atoms with Gasteiger partial charge in [-0.25, -0.2) is 13.9 Å². The summed E-state index contributed by atoms with van der Waals surface area (Å²) in [6.07, 6.45) is 3.19. The second-order valence-corrected chi connectivity index (χ2v) is 7.21. The van der Waals surface area contributed by atoms with Gasteiger partial charge in [-0.3, -0.25) is 0 Å². The number of amides is 1. The number of carbonyl (C=O) groups excluding carboxylic acids is 1. The number of rotatable bonds is 4. The third-order valence-corrected chi connectivity index (χ3v) is 3.77. The Hall–Kier alpha value is -3.15. The van der Waals surface area contributed by atoms with Crippen LogP contribution in [-0.2, 0) is 11.3 Å². The predicted octanol–water partition coefficient (Wildman–Crippen LogP) is 4.70. The van der Waals surface area contributed by atoms with Crippen LogP contribution in [0.1, 0.15) is 26.3 Å². The van der Waals surface area contributed by atoms with Crippen LogP contribution in [0.15, 0.2) is 60.9 Å². The molecule has 0 radical (unpaired) electrons. The average Bonchev–Trinajstić information content (AvgIpc) is 3.09. The van der Waals surface area contributed by atoms with Crippen molar-refractivity contribution in [2.45, 2.75) is 32.9 Å². The number of benzene rings is 2. The molecule has 27 heavy (non-hydrogen) atoms. The van der Waals surface area contributed by atoms with Gasteiger partial charge in [0, 0.05) is 18.3 Å². The molecule has 1 amide bonds. The van der Waals surface area contributed by atoms with E-state index in [9.17, 15) is 9.18 Å². The van der Waals surface area contributed by atoms with Crippen LogP contribution >= 0.6 is 0 Å². The zero-order chi connectivity index (χ0) is 19.4. The number of aromatic nitrogens is 2. The quantitative estimate of drug-likeness (QED) is 0.727. The van der Waals surface area contributed by atoms with Crippen LogP contribution in [-0.4, -0.2) is 21.5 Å². The molecule has 0 atom stereocenters. The van der Waals surface area contributed by atoms with Crippen molar-refractivity contribution in [2.75, 3.05) is 0 Å². The largest absolute Gasteiger partial charge is 0.444 e. The summed E-state index contributed by atoms with van der Waals surface area (Å²) >= 11 is 0. The third kappa shape index (κ3) is 5.17. The molecule has 3 rings (SSSR count). The van der Waals surface area contributed by atoms with Crippen molar-refractivity contribution in [3.63, 3.8) is 0 Å². The number of halogens is 1. The Morgan fingerprint density at radius 1 is 1.15 bits per heavy atom. The van der Waals surface area contributed by atoms with Gasteiger partial charge >= 0.3 is 6.09 Å². The van der Waals surface area contributed by atoms with Crippen molar-refractivity contribution in [3.8, 4) is 16.8 Å². The van der Waals surface area contributed by atoms with E-state index >= 15 is 0 Å². The van der Waals surface area contributed by atoms with Crippen LogP contribution in [0.5, 0.6) is 0 Å². The molecule has 0 fully saturated rings. The Morgan fingerprint density at radius 3 is 2.59 bits per heavy atom. The maximum absolute atomic E-state index is 13.1. The number of hydrogen-bond donors (Lipinski definition) is 1. The Bertz CT molecular complexity index is 927. The minimum absolute atomic E-state index is 0.281. The van der Waals surface area contributed by atoms with Crippen molar-refractivity contribution in [1.29, 1.82) is 0 Å². The van der Waals surface area contributed by atoms with E-state index < -0.39 is 11.7 Å². The first-order valence-corrected chi connectivity index (χ1v) is 8.67. The third-order valence-electron chi connectivity index (χ3n) is 3.77. The molecule has 1 heterocycles. The van der Waals surface area contributed by atoms with Crippen molar-refractivity contribution >= 4 is 6.09 Å². The molecule has 5 nitrogen and oxygen atoms in total. The molecule has 140 valence electrons. The number of carbonyl (C=O) groups is 1. The first-order chi connectivity index (χ1) is 12.8. The number of ether oxygens (including phenoxy) is 1. The van der Waals surface area contributed by atoms with Gasteiger partial charge in [-0.2, -0.15) is 5.10 Å². The van der Waals surface area contributed by atoms with E-state index in [-0.39, 0.29) is 5.82 Å². The molecule has 0 saturated heterocycles. The molecule has 0 spiro atoms. The molecule has 1 N–H and O–H groups in total.